The van der Waals surface area contributed by atoms with E-state index in [1.54, 1.807) is 0 Å². The van der Waals surface area contributed by atoms with Crippen LogP contribution >= 0.6 is 0 Å². The lowest BCUT2D eigenvalue weighted by Gasteiger charge is -2.12. The summed E-state index contributed by atoms with van der Waals surface area (Å²) in [5, 5.41) is 31.3. The molecule has 0 aliphatic heterocycles. The summed E-state index contributed by atoms with van der Waals surface area (Å²) in [7, 11) is 0. The van der Waals surface area contributed by atoms with Gasteiger partial charge in [0.1, 0.15) is 0 Å². The third-order valence-electron chi connectivity index (χ3n) is 2.68. The van der Waals surface area contributed by atoms with Crippen molar-refractivity contribution < 1.29 is 15.0 Å². The average molecular weight is 268 g/mol. The molecule has 1 rings (SSSR count). The third kappa shape index (κ3) is 4.29. The van der Waals surface area contributed by atoms with Gasteiger partial charge in [-0.25, -0.2) is 0 Å². The molecule has 0 amide bonds. The first-order valence-electron chi connectivity index (χ1n) is 5.91. The van der Waals surface area contributed by atoms with Crippen LogP contribution in [0.15, 0.2) is 18.2 Å². The topological polar surface area (TPSA) is 107 Å². The molecule has 0 aliphatic carbocycles. The quantitative estimate of drug-likeness (QED) is 0.629. The van der Waals surface area contributed by atoms with E-state index in [0.717, 1.165) is 6.07 Å². The number of hydrogen-bond acceptors (Lipinski definition) is 5. The van der Waals surface area contributed by atoms with Crippen molar-refractivity contribution in [2.75, 3.05) is 0 Å². The van der Waals surface area contributed by atoms with Crippen LogP contribution in [0.2, 0.25) is 0 Å². The summed E-state index contributed by atoms with van der Waals surface area (Å²) >= 11 is 0. The van der Waals surface area contributed by atoms with E-state index in [1.165, 1.54) is 12.1 Å². The van der Waals surface area contributed by atoms with E-state index in [-0.39, 0.29) is 23.7 Å². The lowest BCUT2D eigenvalue weighted by molar-refractivity contribution is -0.394. The molecule has 0 radical (unpaired) electrons. The summed E-state index contributed by atoms with van der Waals surface area (Å²) in [6.45, 7) is 3.88. The molecule has 0 fully saturated rings. The van der Waals surface area contributed by atoms with Gasteiger partial charge in [-0.3, -0.25) is 20.2 Å². The van der Waals surface area contributed by atoms with Gasteiger partial charge >= 0.3 is 0 Å². The monoisotopic (exact) mass is 268 g/mol. The zero-order valence-electron chi connectivity index (χ0n) is 10.8. The molecule has 1 aromatic rings. The minimum atomic E-state index is -0.694. The maximum Gasteiger partial charge on any atom is 0.279 e. The molecule has 7 heteroatoms. The second kappa shape index (κ2) is 6.24. The summed E-state index contributed by atoms with van der Waals surface area (Å²) in [6, 6.07) is 3.47. The fourth-order valence-corrected chi connectivity index (χ4v) is 1.89. The first-order chi connectivity index (χ1) is 8.81. The van der Waals surface area contributed by atoms with Crippen LogP contribution < -0.4 is 0 Å². The molecule has 0 spiro atoms. The second-order valence-electron chi connectivity index (χ2n) is 4.81. The van der Waals surface area contributed by atoms with Gasteiger partial charge < -0.3 is 5.11 Å². The SMILES string of the molecule is CC(C)CC(O)Cc1ccc([N+](=O)[O-])cc1[N+](=O)[O-]. The molecule has 7 nitrogen and oxygen atoms in total. The van der Waals surface area contributed by atoms with Gasteiger partial charge in [0.05, 0.1) is 22.0 Å². The average Bonchev–Trinajstić information content (AvgIpc) is 2.27. The number of nitrogens with zero attached hydrogens (tertiary/aromatic N) is 2. The van der Waals surface area contributed by atoms with Gasteiger partial charge in [-0.2, -0.15) is 0 Å². The molecule has 0 aromatic heterocycles. The summed E-state index contributed by atoms with van der Waals surface area (Å²) in [5.41, 5.74) is -0.338. The van der Waals surface area contributed by atoms with Gasteiger partial charge in [0.25, 0.3) is 11.4 Å². The first kappa shape index (κ1) is 15.0. The fraction of sp³-hybridized carbons (Fsp3) is 0.500. The van der Waals surface area contributed by atoms with Crippen LogP contribution in [0.25, 0.3) is 0 Å². The zero-order chi connectivity index (χ0) is 14.6. The number of hydrogen-bond donors (Lipinski definition) is 1. The minimum absolute atomic E-state index is 0.118. The van der Waals surface area contributed by atoms with Crippen LogP contribution in [-0.2, 0) is 6.42 Å². The lowest BCUT2D eigenvalue weighted by Crippen LogP contribution is -2.14. The van der Waals surface area contributed by atoms with Crippen LogP contribution in [0, 0.1) is 26.1 Å². The molecule has 104 valence electrons. The van der Waals surface area contributed by atoms with Gasteiger partial charge in [-0.1, -0.05) is 13.8 Å². The number of aliphatic hydroxyl groups is 1. The van der Waals surface area contributed by atoms with Crippen LogP contribution in [0.1, 0.15) is 25.8 Å². The smallest absolute Gasteiger partial charge is 0.279 e. The Morgan fingerprint density at radius 1 is 1.21 bits per heavy atom. The van der Waals surface area contributed by atoms with Crippen molar-refractivity contribution in [3.8, 4) is 0 Å². The summed E-state index contributed by atoms with van der Waals surface area (Å²) in [6.07, 6.45) is -0.0548. The van der Waals surface area contributed by atoms with E-state index in [2.05, 4.69) is 0 Å². The van der Waals surface area contributed by atoms with Gasteiger partial charge in [-0.15, -0.1) is 0 Å². The van der Waals surface area contributed by atoms with Gasteiger partial charge in [-0.05, 0) is 18.4 Å². The van der Waals surface area contributed by atoms with Crippen molar-refractivity contribution >= 4 is 11.4 Å². The highest BCUT2D eigenvalue weighted by molar-refractivity contribution is 5.49. The Labute approximate surface area is 110 Å². The highest BCUT2D eigenvalue weighted by atomic mass is 16.6. The summed E-state index contributed by atoms with van der Waals surface area (Å²) in [5.74, 6) is 0.270. The number of benzene rings is 1. The Morgan fingerprint density at radius 3 is 2.32 bits per heavy atom. The molecule has 0 saturated heterocycles. The van der Waals surface area contributed by atoms with Crippen molar-refractivity contribution in [3.05, 3.63) is 44.0 Å². The standard InChI is InChI=1S/C12H16N2O5/c1-8(2)5-11(15)6-9-3-4-10(13(16)17)7-12(9)14(18)19/h3-4,7-8,11,15H,5-6H2,1-2H3. The largest absolute Gasteiger partial charge is 0.393 e. The van der Waals surface area contributed by atoms with Crippen molar-refractivity contribution in [1.82, 2.24) is 0 Å². The fourth-order valence-electron chi connectivity index (χ4n) is 1.89. The van der Waals surface area contributed by atoms with Gasteiger partial charge in [0, 0.05) is 18.1 Å². The molecular formula is C12H16N2O5. The zero-order valence-corrected chi connectivity index (χ0v) is 10.8. The molecule has 1 atom stereocenters. The Hall–Kier alpha value is -2.02. The molecule has 0 aliphatic rings. The highest BCUT2D eigenvalue weighted by Gasteiger charge is 2.21. The predicted molar refractivity (Wildman–Crippen MR) is 68.9 cm³/mol. The number of aliphatic hydroxyl groups excluding tert-OH is 1. The van der Waals surface area contributed by atoms with E-state index >= 15 is 0 Å². The van der Waals surface area contributed by atoms with Crippen molar-refractivity contribution in [2.45, 2.75) is 32.8 Å². The van der Waals surface area contributed by atoms with Crippen LogP contribution in [0.4, 0.5) is 11.4 Å². The third-order valence-corrected chi connectivity index (χ3v) is 2.68. The number of nitro groups is 2. The van der Waals surface area contributed by atoms with Gasteiger partial charge in [0.15, 0.2) is 0 Å². The van der Waals surface area contributed by atoms with Gasteiger partial charge in [0.2, 0.25) is 0 Å². The molecule has 1 unspecified atom stereocenters. The van der Waals surface area contributed by atoms with Crippen LogP contribution in [0.3, 0.4) is 0 Å². The maximum absolute atomic E-state index is 10.9. The normalized spacial score (nSPS) is 12.4. The molecule has 0 heterocycles. The maximum atomic E-state index is 10.9. The second-order valence-corrected chi connectivity index (χ2v) is 4.81. The van der Waals surface area contributed by atoms with E-state index in [4.69, 9.17) is 0 Å². The molecular weight excluding hydrogens is 252 g/mol. The van der Waals surface area contributed by atoms with Crippen LogP contribution in [0.5, 0.6) is 0 Å². The summed E-state index contributed by atoms with van der Waals surface area (Å²) in [4.78, 5) is 20.1. The Bertz CT molecular complexity index is 487. The first-order valence-corrected chi connectivity index (χ1v) is 5.91. The lowest BCUT2D eigenvalue weighted by atomic mass is 9.98. The number of nitro benzene ring substituents is 2. The predicted octanol–water partition coefficient (Wildman–Crippen LogP) is 2.45. The van der Waals surface area contributed by atoms with Crippen molar-refractivity contribution in [1.29, 1.82) is 0 Å². The van der Waals surface area contributed by atoms with Crippen molar-refractivity contribution in [3.63, 3.8) is 0 Å². The van der Waals surface area contributed by atoms with E-state index in [1.807, 2.05) is 13.8 Å². The molecule has 1 N–H and O–H groups in total. The number of non-ortho nitro benzene ring substituents is 1. The Morgan fingerprint density at radius 2 is 1.84 bits per heavy atom. The minimum Gasteiger partial charge on any atom is -0.393 e. The van der Waals surface area contributed by atoms with E-state index < -0.39 is 16.0 Å². The van der Waals surface area contributed by atoms with Crippen molar-refractivity contribution in [2.24, 2.45) is 5.92 Å². The van der Waals surface area contributed by atoms with Crippen LogP contribution in [-0.4, -0.2) is 21.1 Å². The molecule has 19 heavy (non-hydrogen) atoms. The molecule has 0 bridgehead atoms. The van der Waals surface area contributed by atoms with E-state index in [0.29, 0.717) is 12.0 Å². The highest BCUT2D eigenvalue weighted by Crippen LogP contribution is 2.26. The summed E-state index contributed by atoms with van der Waals surface area (Å²) < 4.78 is 0. The molecule has 1 aromatic carbocycles. The Kier molecular flexibility index (Phi) is 4.94. The number of rotatable bonds is 6. The van der Waals surface area contributed by atoms with E-state index in [9.17, 15) is 25.3 Å². The Balaban J connectivity index is 3.00. The molecule has 0 saturated carbocycles.